The zero-order chi connectivity index (χ0) is 15.7. The summed E-state index contributed by atoms with van der Waals surface area (Å²) in [5.41, 5.74) is 1.66. The number of ether oxygens (including phenoxy) is 1. The van der Waals surface area contributed by atoms with Crippen LogP contribution in [0.4, 0.5) is 15.8 Å². The number of fused-ring (bicyclic) bond motifs is 1. The van der Waals surface area contributed by atoms with Crippen molar-refractivity contribution in [2.24, 2.45) is 0 Å². The molecule has 2 aromatic rings. The molecule has 7 heteroatoms. The molecule has 0 bridgehead atoms. The normalized spacial score (nSPS) is 13.1. The minimum absolute atomic E-state index is 0.0323. The summed E-state index contributed by atoms with van der Waals surface area (Å²) in [6.07, 6.45) is 0. The average Bonchev–Trinajstić information content (AvgIpc) is 2.46. The number of carbonyl (C=O) groups is 1. The van der Waals surface area contributed by atoms with E-state index in [2.05, 4.69) is 26.6 Å². The largest absolute Gasteiger partial charge is 0.482 e. The lowest BCUT2D eigenvalue weighted by Crippen LogP contribution is -2.25. The van der Waals surface area contributed by atoms with Gasteiger partial charge in [0.2, 0.25) is 0 Å². The molecule has 1 heterocycles. The third kappa shape index (κ3) is 3.18. The number of hydrogen-bond donors (Lipinski definition) is 2. The van der Waals surface area contributed by atoms with Crippen LogP contribution in [0, 0.1) is 5.82 Å². The maximum atomic E-state index is 13.8. The highest BCUT2D eigenvalue weighted by Gasteiger charge is 2.18. The number of benzene rings is 2. The molecule has 0 aliphatic carbocycles. The van der Waals surface area contributed by atoms with Crippen LogP contribution in [0.3, 0.4) is 0 Å². The second-order valence-electron chi connectivity index (χ2n) is 4.75. The summed E-state index contributed by atoms with van der Waals surface area (Å²) in [4.78, 5) is 11.3. The van der Waals surface area contributed by atoms with Crippen molar-refractivity contribution in [2.75, 3.05) is 17.2 Å². The highest BCUT2D eigenvalue weighted by Crippen LogP contribution is 2.36. The first-order valence-electron chi connectivity index (χ1n) is 6.47. The Hall–Kier alpha value is -1.79. The molecule has 114 valence electrons. The molecule has 22 heavy (non-hydrogen) atoms. The van der Waals surface area contributed by atoms with Crippen LogP contribution in [0.5, 0.6) is 5.75 Å². The predicted octanol–water partition coefficient (Wildman–Crippen LogP) is 4.18. The molecule has 0 fully saturated rings. The van der Waals surface area contributed by atoms with Gasteiger partial charge in [0, 0.05) is 22.6 Å². The van der Waals surface area contributed by atoms with Gasteiger partial charge in [-0.1, -0.05) is 33.6 Å². The molecule has 4 nitrogen and oxygen atoms in total. The Morgan fingerprint density at radius 3 is 2.95 bits per heavy atom. The first kappa shape index (κ1) is 15.1. The van der Waals surface area contributed by atoms with Gasteiger partial charge < -0.3 is 15.4 Å². The molecular formula is C15H11BrClFN2O2. The lowest BCUT2D eigenvalue weighted by Gasteiger charge is -2.20. The van der Waals surface area contributed by atoms with E-state index in [9.17, 15) is 9.18 Å². The number of hydrogen-bond acceptors (Lipinski definition) is 3. The van der Waals surface area contributed by atoms with Crippen molar-refractivity contribution in [2.45, 2.75) is 6.54 Å². The van der Waals surface area contributed by atoms with E-state index in [-0.39, 0.29) is 24.9 Å². The van der Waals surface area contributed by atoms with Gasteiger partial charge in [-0.05, 0) is 18.2 Å². The van der Waals surface area contributed by atoms with Crippen molar-refractivity contribution < 1.29 is 13.9 Å². The van der Waals surface area contributed by atoms with Crippen LogP contribution in [0.25, 0.3) is 0 Å². The van der Waals surface area contributed by atoms with Crippen LogP contribution in [0.15, 0.2) is 34.8 Å². The summed E-state index contributed by atoms with van der Waals surface area (Å²) in [7, 11) is 0. The van der Waals surface area contributed by atoms with E-state index in [1.165, 1.54) is 6.07 Å². The second kappa shape index (κ2) is 6.14. The molecule has 0 atom stereocenters. The summed E-state index contributed by atoms with van der Waals surface area (Å²) in [6.45, 7) is 0.249. The van der Waals surface area contributed by atoms with Crippen molar-refractivity contribution in [3.05, 3.63) is 51.2 Å². The number of amides is 1. The van der Waals surface area contributed by atoms with E-state index < -0.39 is 0 Å². The van der Waals surface area contributed by atoms with E-state index in [1.54, 1.807) is 24.3 Å². The maximum Gasteiger partial charge on any atom is 0.262 e. The Bertz CT molecular complexity index is 755. The van der Waals surface area contributed by atoms with E-state index in [4.69, 9.17) is 16.3 Å². The minimum atomic E-state index is -0.306. The highest BCUT2D eigenvalue weighted by atomic mass is 79.9. The number of anilines is 2. The lowest BCUT2D eigenvalue weighted by atomic mass is 10.2. The summed E-state index contributed by atoms with van der Waals surface area (Å²) in [6, 6.07) is 8.16. The number of nitrogens with one attached hydrogen (secondary N) is 2. The molecule has 1 aliphatic rings. The molecule has 0 unspecified atom stereocenters. The van der Waals surface area contributed by atoms with Crippen LogP contribution >= 0.6 is 27.5 Å². The summed E-state index contributed by atoms with van der Waals surface area (Å²) in [5, 5.41) is 6.17. The smallest absolute Gasteiger partial charge is 0.262 e. The monoisotopic (exact) mass is 384 g/mol. The fraction of sp³-hybridized carbons (Fsp3) is 0.133. The van der Waals surface area contributed by atoms with Crippen molar-refractivity contribution in [1.29, 1.82) is 0 Å². The van der Waals surface area contributed by atoms with Crippen LogP contribution in [-0.2, 0) is 11.3 Å². The molecule has 0 spiro atoms. The van der Waals surface area contributed by atoms with Gasteiger partial charge in [-0.2, -0.15) is 0 Å². The maximum absolute atomic E-state index is 13.8. The lowest BCUT2D eigenvalue weighted by molar-refractivity contribution is -0.118. The van der Waals surface area contributed by atoms with Crippen molar-refractivity contribution >= 4 is 44.8 Å². The minimum Gasteiger partial charge on any atom is -0.482 e. The van der Waals surface area contributed by atoms with Gasteiger partial charge in [-0.3, -0.25) is 4.79 Å². The third-order valence-electron chi connectivity index (χ3n) is 3.19. The van der Waals surface area contributed by atoms with Gasteiger partial charge >= 0.3 is 0 Å². The zero-order valence-corrected chi connectivity index (χ0v) is 13.6. The predicted molar refractivity (Wildman–Crippen MR) is 87.0 cm³/mol. The Morgan fingerprint density at radius 2 is 2.18 bits per heavy atom. The summed E-state index contributed by atoms with van der Waals surface area (Å²) < 4.78 is 19.8. The van der Waals surface area contributed by atoms with Crippen molar-refractivity contribution in [3.63, 3.8) is 0 Å². The van der Waals surface area contributed by atoms with E-state index in [0.717, 1.165) is 0 Å². The van der Waals surface area contributed by atoms with Gasteiger partial charge in [0.1, 0.15) is 11.6 Å². The number of rotatable bonds is 3. The molecule has 0 radical (unpaired) electrons. The molecular weight excluding hydrogens is 375 g/mol. The highest BCUT2D eigenvalue weighted by molar-refractivity contribution is 9.10. The van der Waals surface area contributed by atoms with Crippen LogP contribution in [0.2, 0.25) is 5.02 Å². The van der Waals surface area contributed by atoms with Crippen molar-refractivity contribution in [1.82, 2.24) is 0 Å². The molecule has 2 aromatic carbocycles. The second-order valence-corrected chi connectivity index (χ2v) is 6.08. The van der Waals surface area contributed by atoms with E-state index in [1.807, 2.05) is 0 Å². The SMILES string of the molecule is O=C1COc2cc(NCc3ccc(Br)cc3F)c(Cl)cc2N1. The molecule has 1 aliphatic heterocycles. The van der Waals surface area contributed by atoms with Gasteiger partial charge in [-0.15, -0.1) is 0 Å². The fourth-order valence-corrected chi connectivity index (χ4v) is 2.65. The third-order valence-corrected chi connectivity index (χ3v) is 3.99. The van der Waals surface area contributed by atoms with Crippen LogP contribution in [-0.4, -0.2) is 12.5 Å². The van der Waals surface area contributed by atoms with Gasteiger partial charge in [-0.25, -0.2) is 4.39 Å². The average molecular weight is 386 g/mol. The standard InChI is InChI=1S/C15H11BrClFN2O2/c16-9-2-1-8(11(18)3-9)6-19-12-5-14-13(4-10(12)17)20-15(21)7-22-14/h1-5,19H,6-7H2,(H,20,21). The number of halogens is 3. The Kier molecular flexibility index (Phi) is 4.22. The summed E-state index contributed by atoms with van der Waals surface area (Å²) >= 11 is 9.39. The van der Waals surface area contributed by atoms with Gasteiger partial charge in [0.05, 0.1) is 16.4 Å². The van der Waals surface area contributed by atoms with Gasteiger partial charge in [0.25, 0.3) is 5.91 Å². The van der Waals surface area contributed by atoms with Crippen LogP contribution < -0.4 is 15.4 Å². The molecule has 3 rings (SSSR count). The van der Waals surface area contributed by atoms with E-state index >= 15 is 0 Å². The molecule has 0 saturated heterocycles. The Morgan fingerprint density at radius 1 is 1.36 bits per heavy atom. The Labute approximate surface area is 139 Å². The summed E-state index contributed by atoms with van der Waals surface area (Å²) in [5.74, 6) is 0.00320. The molecule has 0 aromatic heterocycles. The quantitative estimate of drug-likeness (QED) is 0.833. The molecule has 2 N–H and O–H groups in total. The van der Waals surface area contributed by atoms with Crippen LogP contribution in [0.1, 0.15) is 5.56 Å². The first-order chi connectivity index (χ1) is 10.5. The molecule has 1 amide bonds. The van der Waals surface area contributed by atoms with Gasteiger partial charge in [0.15, 0.2) is 6.61 Å². The zero-order valence-electron chi connectivity index (χ0n) is 11.3. The fourth-order valence-electron chi connectivity index (χ4n) is 2.09. The topological polar surface area (TPSA) is 50.4 Å². The van der Waals surface area contributed by atoms with Crippen molar-refractivity contribution in [3.8, 4) is 5.75 Å². The first-order valence-corrected chi connectivity index (χ1v) is 7.64. The van der Waals surface area contributed by atoms with E-state index in [0.29, 0.717) is 32.2 Å². The Balaban J connectivity index is 1.79. The molecule has 0 saturated carbocycles. The number of carbonyl (C=O) groups excluding carboxylic acids is 1.